The number of nitrogens with one attached hydrogen (secondary N) is 4. The van der Waals surface area contributed by atoms with Crippen molar-refractivity contribution in [3.8, 4) is 0 Å². The molecule has 2 bridgehead atoms. The number of ether oxygens (including phenoxy) is 4. The summed E-state index contributed by atoms with van der Waals surface area (Å²) in [5, 5.41) is 10.7. The van der Waals surface area contributed by atoms with Gasteiger partial charge in [-0.25, -0.2) is 48.2 Å². The lowest BCUT2D eigenvalue weighted by atomic mass is 9.77. The molecular formula is C42H60N6O12. The minimum Gasteiger partial charge on any atom is -0.460 e. The Kier molecular flexibility index (Phi) is 19.0. The lowest BCUT2D eigenvalue weighted by Crippen LogP contribution is -2.50. The number of amides is 8. The van der Waals surface area contributed by atoms with Gasteiger partial charge in [0.25, 0.3) is 0 Å². The van der Waals surface area contributed by atoms with E-state index in [2.05, 4.69) is 47.6 Å². The molecule has 0 saturated heterocycles. The molecule has 3 aliphatic carbocycles. The summed E-state index contributed by atoms with van der Waals surface area (Å²) in [6, 6.07) is -2.86. The van der Waals surface area contributed by atoms with E-state index in [9.17, 15) is 38.4 Å². The lowest BCUT2D eigenvalue weighted by Gasteiger charge is -2.29. The Balaban J connectivity index is 1.56. The smallest absolute Gasteiger partial charge is 0.333 e. The van der Waals surface area contributed by atoms with Crippen molar-refractivity contribution in [1.29, 1.82) is 0 Å². The van der Waals surface area contributed by atoms with E-state index in [0.717, 1.165) is 35.5 Å². The van der Waals surface area contributed by atoms with E-state index in [1.165, 1.54) is 38.8 Å². The molecule has 3 aliphatic rings. The number of hydrogen-bond donors (Lipinski definition) is 4. The van der Waals surface area contributed by atoms with Gasteiger partial charge in [-0.05, 0) is 89.9 Å². The summed E-state index contributed by atoms with van der Waals surface area (Å²) >= 11 is 0. The number of fused-ring (bicyclic) bond motifs is 5. The molecule has 4 N–H and O–H groups in total. The molecule has 0 aromatic carbocycles. The molecule has 0 spiro atoms. The molecule has 60 heavy (non-hydrogen) atoms. The molecule has 0 aromatic heterocycles. The zero-order valence-electron chi connectivity index (χ0n) is 35.2. The Morgan fingerprint density at radius 1 is 0.550 bits per heavy atom. The highest BCUT2D eigenvalue weighted by Gasteiger charge is 2.51. The molecule has 18 nitrogen and oxygen atoms in total. The van der Waals surface area contributed by atoms with Crippen LogP contribution in [-0.2, 0) is 38.1 Å². The summed E-state index contributed by atoms with van der Waals surface area (Å²) in [6.45, 7) is 19.3. The van der Waals surface area contributed by atoms with Crippen LogP contribution in [0.3, 0.4) is 0 Å². The van der Waals surface area contributed by atoms with Crippen molar-refractivity contribution >= 4 is 48.0 Å². The standard InChI is InChI=1S/C42H60N6O12/c1-25(2)35(49)57-19-15-45-41(55)47(17-21-59-37(51)27(5)6)39(53)43-13-11-29-9-10-32-31-23-30(33(24-31)34(29)32)12-14-44-40(54)48(18-22-60-38(52)28(7)8)42(56)46-16-20-58-36(50)26(3)4/h30-33H,1,3,5,7,9-24H2,2,4,6,8H3,(H,43,53)(H,44,54)(H,45,55)(H,46,56). The summed E-state index contributed by atoms with van der Waals surface area (Å²) in [5.74, 6) is -0.879. The van der Waals surface area contributed by atoms with Crippen LogP contribution >= 0.6 is 0 Å². The average molecular weight is 841 g/mol. The predicted octanol–water partition coefficient (Wildman–Crippen LogP) is 4.05. The van der Waals surface area contributed by atoms with Crippen LogP contribution in [0.1, 0.15) is 66.2 Å². The fraction of sp³-hybridized carbons (Fsp3) is 0.571. The van der Waals surface area contributed by atoms with E-state index < -0.39 is 48.0 Å². The van der Waals surface area contributed by atoms with Gasteiger partial charge in [0.05, 0.1) is 26.2 Å². The van der Waals surface area contributed by atoms with E-state index in [-0.39, 0.29) is 81.4 Å². The normalized spacial score (nSPS) is 18.3. The molecule has 3 rings (SSSR count). The third-order valence-electron chi connectivity index (χ3n) is 10.5. The van der Waals surface area contributed by atoms with Gasteiger partial charge in [-0.1, -0.05) is 37.5 Å². The average Bonchev–Trinajstić information content (AvgIpc) is 3.91. The first-order valence-electron chi connectivity index (χ1n) is 20.1. The first-order chi connectivity index (χ1) is 28.4. The number of rotatable bonds is 22. The summed E-state index contributed by atoms with van der Waals surface area (Å²) in [4.78, 5) is 101. The second-order valence-electron chi connectivity index (χ2n) is 15.2. The van der Waals surface area contributed by atoms with E-state index in [1.807, 2.05) is 0 Å². The quantitative estimate of drug-likeness (QED) is 0.0398. The Morgan fingerprint density at radius 2 is 0.950 bits per heavy atom. The van der Waals surface area contributed by atoms with Crippen LogP contribution in [-0.4, -0.2) is 123 Å². The second-order valence-corrected chi connectivity index (χ2v) is 15.2. The van der Waals surface area contributed by atoms with E-state index in [1.54, 1.807) is 0 Å². The largest absolute Gasteiger partial charge is 0.460 e. The third-order valence-corrected chi connectivity index (χ3v) is 10.5. The zero-order valence-corrected chi connectivity index (χ0v) is 35.2. The van der Waals surface area contributed by atoms with Gasteiger partial charge in [-0.2, -0.15) is 0 Å². The Hall–Kier alpha value is -5.94. The molecule has 2 saturated carbocycles. The fourth-order valence-electron chi connectivity index (χ4n) is 7.60. The first kappa shape index (κ1) is 48.4. The maximum Gasteiger partial charge on any atom is 0.333 e. The maximum absolute atomic E-state index is 13.3. The van der Waals surface area contributed by atoms with Gasteiger partial charge in [0.1, 0.15) is 26.4 Å². The van der Waals surface area contributed by atoms with Gasteiger partial charge in [0.2, 0.25) is 0 Å². The van der Waals surface area contributed by atoms with E-state index in [0.29, 0.717) is 43.1 Å². The Morgan fingerprint density at radius 3 is 1.38 bits per heavy atom. The highest BCUT2D eigenvalue weighted by Crippen LogP contribution is 2.61. The van der Waals surface area contributed by atoms with Gasteiger partial charge in [0.15, 0.2) is 0 Å². The highest BCUT2D eigenvalue weighted by atomic mass is 16.5. The minimum atomic E-state index is -0.757. The SMILES string of the molecule is C=C(C)C(=O)OCCNC(=O)N(CCOC(=O)C(=C)C)C(=O)NCCC1=C2C(CC1)C1CC(CCNC(=O)N(CCOC(=O)C(=C)C)C(=O)NCCOC(=O)C(=C)C)C2C1. The molecule has 0 heterocycles. The molecule has 4 unspecified atom stereocenters. The number of carbonyl (C=O) groups is 8. The van der Waals surface area contributed by atoms with Crippen LogP contribution in [0.5, 0.6) is 0 Å². The zero-order chi connectivity index (χ0) is 44.5. The monoisotopic (exact) mass is 840 g/mol. The molecule has 0 radical (unpaired) electrons. The number of nitrogens with zero attached hydrogens (tertiary/aromatic N) is 2. The minimum absolute atomic E-state index is 0.0580. The molecule has 18 heteroatoms. The molecule has 330 valence electrons. The maximum atomic E-state index is 13.3. The van der Waals surface area contributed by atoms with Crippen LogP contribution < -0.4 is 21.3 Å². The topological polar surface area (TPSA) is 228 Å². The molecule has 0 aliphatic heterocycles. The Labute approximate surface area is 351 Å². The van der Waals surface area contributed by atoms with Gasteiger partial charge in [-0.3, -0.25) is 0 Å². The van der Waals surface area contributed by atoms with Gasteiger partial charge in [-0.15, -0.1) is 0 Å². The first-order valence-corrected chi connectivity index (χ1v) is 20.1. The Bertz CT molecular complexity index is 1750. The number of esters is 4. The number of imide groups is 2. The lowest BCUT2D eigenvalue weighted by molar-refractivity contribution is -0.139. The second kappa shape index (κ2) is 23.6. The van der Waals surface area contributed by atoms with Crippen molar-refractivity contribution in [3.63, 3.8) is 0 Å². The summed E-state index contributed by atoms with van der Waals surface area (Å²) < 4.78 is 20.2. The van der Waals surface area contributed by atoms with Crippen molar-refractivity contribution in [2.24, 2.45) is 23.7 Å². The van der Waals surface area contributed by atoms with Gasteiger partial charge in [0, 0.05) is 35.4 Å². The number of urea groups is 4. The number of allylic oxidation sites excluding steroid dienone is 1. The number of hydrogen-bond acceptors (Lipinski definition) is 12. The fourth-order valence-corrected chi connectivity index (χ4v) is 7.60. The highest BCUT2D eigenvalue weighted by molar-refractivity contribution is 5.94. The summed E-state index contributed by atoms with van der Waals surface area (Å²) in [7, 11) is 0. The molecule has 0 aromatic rings. The van der Waals surface area contributed by atoms with Crippen LogP contribution in [0.15, 0.2) is 59.8 Å². The molecule has 4 atom stereocenters. The van der Waals surface area contributed by atoms with Crippen molar-refractivity contribution < 1.29 is 57.3 Å². The van der Waals surface area contributed by atoms with Crippen molar-refractivity contribution in [3.05, 3.63) is 59.8 Å². The van der Waals surface area contributed by atoms with E-state index >= 15 is 0 Å². The van der Waals surface area contributed by atoms with Crippen LogP contribution in [0.4, 0.5) is 19.2 Å². The molecule has 2 fully saturated rings. The van der Waals surface area contributed by atoms with Crippen LogP contribution in [0, 0.1) is 23.7 Å². The summed E-state index contributed by atoms with van der Waals surface area (Å²) in [5.41, 5.74) is 3.48. The van der Waals surface area contributed by atoms with Crippen molar-refractivity contribution in [2.45, 2.75) is 66.2 Å². The molecular weight excluding hydrogens is 780 g/mol. The summed E-state index contributed by atoms with van der Waals surface area (Å²) in [6.07, 6.45) is 5.28. The van der Waals surface area contributed by atoms with Crippen molar-refractivity contribution in [1.82, 2.24) is 31.1 Å². The van der Waals surface area contributed by atoms with Crippen LogP contribution in [0.25, 0.3) is 0 Å². The van der Waals surface area contributed by atoms with Crippen molar-refractivity contribution in [2.75, 3.05) is 65.7 Å². The van der Waals surface area contributed by atoms with Gasteiger partial charge < -0.3 is 40.2 Å². The molecule has 8 amide bonds. The number of carbonyl (C=O) groups excluding carboxylic acids is 8. The van der Waals surface area contributed by atoms with Gasteiger partial charge >= 0.3 is 48.0 Å². The third kappa shape index (κ3) is 14.4. The van der Waals surface area contributed by atoms with Crippen LogP contribution in [0.2, 0.25) is 0 Å². The van der Waals surface area contributed by atoms with E-state index in [4.69, 9.17) is 18.9 Å². The predicted molar refractivity (Wildman–Crippen MR) is 219 cm³/mol.